The molecule has 0 aliphatic heterocycles. The fraction of sp³-hybridized carbons (Fsp3) is 1.00. The van der Waals surface area contributed by atoms with E-state index >= 15 is 0 Å². The summed E-state index contributed by atoms with van der Waals surface area (Å²) in [5.41, 5.74) is 0. The molecule has 162 valence electrons. The zero-order valence-corrected chi connectivity index (χ0v) is 20.4. The highest BCUT2D eigenvalue weighted by atomic mass is 14.4. The van der Waals surface area contributed by atoms with Gasteiger partial charge >= 0.3 is 0 Å². The third-order valence-electron chi connectivity index (χ3n) is 8.34. The Kier molecular flexibility index (Phi) is 12.3. The van der Waals surface area contributed by atoms with Crippen molar-refractivity contribution in [3.8, 4) is 0 Å². The van der Waals surface area contributed by atoms with Gasteiger partial charge in [-0.15, -0.1) is 0 Å². The smallest absolute Gasteiger partial charge is 0.0352 e. The molecule has 27 heavy (non-hydrogen) atoms. The molecule has 0 saturated heterocycles. The molecule has 0 heteroatoms. The zero-order chi connectivity index (χ0) is 20.4. The molecule has 1 aliphatic rings. The van der Waals surface area contributed by atoms with Crippen LogP contribution in [-0.4, -0.2) is 0 Å². The van der Waals surface area contributed by atoms with Gasteiger partial charge in [-0.3, -0.25) is 0 Å². The Morgan fingerprint density at radius 3 is 1.70 bits per heavy atom. The van der Waals surface area contributed by atoms with Crippen LogP contribution in [0.4, 0.5) is 0 Å². The van der Waals surface area contributed by atoms with Crippen LogP contribution in [0.15, 0.2) is 0 Å². The lowest BCUT2D eigenvalue weighted by Crippen LogP contribution is -2.36. The molecule has 0 radical (unpaired) electrons. The number of hydrogen-bond donors (Lipinski definition) is 0. The van der Waals surface area contributed by atoms with E-state index in [9.17, 15) is 0 Å². The quantitative estimate of drug-likeness (QED) is 0.297. The fourth-order valence-corrected chi connectivity index (χ4v) is 7.10. The van der Waals surface area contributed by atoms with Crippen molar-refractivity contribution in [2.75, 3.05) is 0 Å². The van der Waals surface area contributed by atoms with Crippen molar-refractivity contribution in [1.82, 2.24) is 0 Å². The minimum atomic E-state index is 0.841. The Balaban J connectivity index is 3.07. The minimum absolute atomic E-state index is 0.841. The van der Waals surface area contributed by atoms with Crippen LogP contribution >= 0.6 is 0 Å². The summed E-state index contributed by atoms with van der Waals surface area (Å²) in [6.45, 7) is 19.8. The van der Waals surface area contributed by atoms with Gasteiger partial charge in [0.2, 0.25) is 0 Å². The molecular formula is C27H54. The summed E-state index contributed by atoms with van der Waals surface area (Å²) < 4.78 is 0. The SMILES string of the molecule is CCCC(CC)C(C)C(CC)C1CCCCCC1C(CC)C(C)CC(C)C. The van der Waals surface area contributed by atoms with Gasteiger partial charge in [-0.05, 0) is 66.6 Å². The van der Waals surface area contributed by atoms with Gasteiger partial charge in [0.05, 0.1) is 0 Å². The highest BCUT2D eigenvalue weighted by molar-refractivity contribution is 4.88. The Morgan fingerprint density at radius 2 is 1.26 bits per heavy atom. The van der Waals surface area contributed by atoms with Crippen LogP contribution in [0.25, 0.3) is 0 Å². The molecule has 7 atom stereocenters. The average molecular weight is 379 g/mol. The molecule has 0 N–H and O–H groups in total. The summed E-state index contributed by atoms with van der Waals surface area (Å²) >= 11 is 0. The number of hydrogen-bond acceptors (Lipinski definition) is 0. The maximum Gasteiger partial charge on any atom is -0.0352 e. The van der Waals surface area contributed by atoms with E-state index in [4.69, 9.17) is 0 Å². The lowest BCUT2D eigenvalue weighted by atomic mass is 9.62. The molecule has 0 heterocycles. The van der Waals surface area contributed by atoms with Crippen molar-refractivity contribution < 1.29 is 0 Å². The maximum absolute atomic E-state index is 2.62. The van der Waals surface area contributed by atoms with Gasteiger partial charge in [-0.2, -0.15) is 0 Å². The van der Waals surface area contributed by atoms with Gasteiger partial charge in [0.25, 0.3) is 0 Å². The summed E-state index contributed by atoms with van der Waals surface area (Å²) in [5.74, 6) is 7.45. The average Bonchev–Trinajstić information content (AvgIpc) is 2.86. The fourth-order valence-electron chi connectivity index (χ4n) is 7.10. The minimum Gasteiger partial charge on any atom is -0.0654 e. The first-order valence-electron chi connectivity index (χ1n) is 12.9. The van der Waals surface area contributed by atoms with Crippen LogP contribution in [0.5, 0.6) is 0 Å². The van der Waals surface area contributed by atoms with Crippen molar-refractivity contribution in [1.29, 1.82) is 0 Å². The van der Waals surface area contributed by atoms with Gasteiger partial charge in [0, 0.05) is 0 Å². The van der Waals surface area contributed by atoms with Gasteiger partial charge in [0.15, 0.2) is 0 Å². The zero-order valence-electron chi connectivity index (χ0n) is 20.4. The molecule has 7 unspecified atom stereocenters. The van der Waals surface area contributed by atoms with E-state index in [-0.39, 0.29) is 0 Å². The third-order valence-corrected chi connectivity index (χ3v) is 8.34. The predicted molar refractivity (Wildman–Crippen MR) is 124 cm³/mol. The molecule has 1 saturated carbocycles. The molecule has 0 aromatic rings. The monoisotopic (exact) mass is 378 g/mol. The van der Waals surface area contributed by atoms with Crippen molar-refractivity contribution in [3.63, 3.8) is 0 Å². The molecule has 0 aromatic carbocycles. The van der Waals surface area contributed by atoms with Crippen molar-refractivity contribution in [3.05, 3.63) is 0 Å². The first-order chi connectivity index (χ1) is 12.9. The molecule has 1 fully saturated rings. The highest BCUT2D eigenvalue weighted by Gasteiger charge is 2.39. The third kappa shape index (κ3) is 7.40. The van der Waals surface area contributed by atoms with E-state index in [1.807, 2.05) is 0 Å². The van der Waals surface area contributed by atoms with E-state index in [0.717, 1.165) is 47.3 Å². The molecule has 0 spiro atoms. The van der Waals surface area contributed by atoms with Crippen LogP contribution in [0.3, 0.4) is 0 Å². The van der Waals surface area contributed by atoms with Crippen LogP contribution in [0.2, 0.25) is 0 Å². The van der Waals surface area contributed by atoms with E-state index in [0.29, 0.717) is 0 Å². The van der Waals surface area contributed by atoms with E-state index in [1.54, 1.807) is 0 Å². The Hall–Kier alpha value is 0. The molecule has 1 rings (SSSR count). The molecule has 0 bridgehead atoms. The topological polar surface area (TPSA) is 0 Å². The standard InChI is InChI=1S/C27H54/c1-9-16-23(10-2)22(8)25(12-4)27-18-15-13-14-17-26(27)24(11-3)21(7)19-20(5)6/h20-27H,9-19H2,1-8H3. The Labute approximate surface area is 173 Å². The summed E-state index contributed by atoms with van der Waals surface area (Å²) in [6.07, 6.45) is 15.9. The first-order valence-corrected chi connectivity index (χ1v) is 12.9. The molecule has 1 aliphatic carbocycles. The second-order valence-electron chi connectivity index (χ2n) is 10.5. The summed E-state index contributed by atoms with van der Waals surface area (Å²) in [6, 6.07) is 0. The second kappa shape index (κ2) is 13.3. The van der Waals surface area contributed by atoms with Crippen molar-refractivity contribution >= 4 is 0 Å². The van der Waals surface area contributed by atoms with Gasteiger partial charge in [-0.25, -0.2) is 0 Å². The summed E-state index contributed by atoms with van der Waals surface area (Å²) in [4.78, 5) is 0. The molecule has 0 amide bonds. The molecular weight excluding hydrogens is 324 g/mol. The maximum atomic E-state index is 2.62. The second-order valence-corrected chi connectivity index (χ2v) is 10.5. The van der Waals surface area contributed by atoms with Gasteiger partial charge in [0.1, 0.15) is 0 Å². The molecule has 0 nitrogen and oxygen atoms in total. The normalized spacial score (nSPS) is 27.0. The largest absolute Gasteiger partial charge is 0.0654 e. The van der Waals surface area contributed by atoms with Crippen LogP contribution < -0.4 is 0 Å². The van der Waals surface area contributed by atoms with Crippen molar-refractivity contribution in [2.45, 2.75) is 126 Å². The van der Waals surface area contributed by atoms with E-state index in [1.165, 1.54) is 70.6 Å². The Morgan fingerprint density at radius 1 is 0.704 bits per heavy atom. The lowest BCUT2D eigenvalue weighted by Gasteiger charge is -2.43. The van der Waals surface area contributed by atoms with E-state index in [2.05, 4.69) is 55.4 Å². The van der Waals surface area contributed by atoms with Gasteiger partial charge < -0.3 is 0 Å². The van der Waals surface area contributed by atoms with Crippen LogP contribution in [0.1, 0.15) is 126 Å². The summed E-state index contributed by atoms with van der Waals surface area (Å²) in [7, 11) is 0. The Bertz CT molecular complexity index is 357. The van der Waals surface area contributed by atoms with Gasteiger partial charge in [-0.1, -0.05) is 107 Å². The lowest BCUT2D eigenvalue weighted by molar-refractivity contribution is 0.0571. The summed E-state index contributed by atoms with van der Waals surface area (Å²) in [5, 5.41) is 0. The predicted octanol–water partition coefficient (Wildman–Crippen LogP) is 9.38. The first kappa shape index (κ1) is 25.0. The number of rotatable bonds is 12. The molecule has 0 aromatic heterocycles. The van der Waals surface area contributed by atoms with E-state index < -0.39 is 0 Å². The van der Waals surface area contributed by atoms with Crippen LogP contribution in [-0.2, 0) is 0 Å². The highest BCUT2D eigenvalue weighted by Crippen LogP contribution is 2.47. The van der Waals surface area contributed by atoms with Crippen molar-refractivity contribution in [2.24, 2.45) is 47.3 Å². The van der Waals surface area contributed by atoms with Crippen LogP contribution in [0, 0.1) is 47.3 Å².